The van der Waals surface area contributed by atoms with Gasteiger partial charge in [0.1, 0.15) is 17.0 Å². The first-order valence-electron chi connectivity index (χ1n) is 11.9. The summed E-state index contributed by atoms with van der Waals surface area (Å²) in [6.45, 7) is 1.86. The summed E-state index contributed by atoms with van der Waals surface area (Å²) in [4.78, 5) is 6.95. The van der Waals surface area contributed by atoms with Gasteiger partial charge in [0.25, 0.3) is 6.01 Å². The molecule has 172 valence electrons. The Bertz CT molecular complexity index is 1390. The van der Waals surface area contributed by atoms with E-state index < -0.39 is 0 Å². The Morgan fingerprint density at radius 2 is 1.68 bits per heavy atom. The molecule has 0 unspecified atom stereocenters. The van der Waals surface area contributed by atoms with Crippen molar-refractivity contribution in [2.75, 3.05) is 18.0 Å². The summed E-state index contributed by atoms with van der Waals surface area (Å²) in [5.74, 6) is 1.45. The summed E-state index contributed by atoms with van der Waals surface area (Å²) in [5, 5.41) is 5.67. The second-order valence-electron chi connectivity index (χ2n) is 9.80. The van der Waals surface area contributed by atoms with E-state index in [1.165, 1.54) is 5.57 Å². The average molecular weight is 492 g/mol. The number of allylic oxidation sites excluding steroid dienone is 2. The van der Waals surface area contributed by atoms with Crippen molar-refractivity contribution in [2.45, 2.75) is 38.0 Å². The van der Waals surface area contributed by atoms with Crippen LogP contribution in [0, 0.1) is 5.41 Å². The number of rotatable bonds is 4. The fraction of sp³-hybridized carbons (Fsp3) is 0.333. The Labute approximate surface area is 207 Å². The number of fused-ring (bicyclic) bond motifs is 1. The average Bonchev–Trinajstić information content (AvgIpc) is 3.43. The van der Waals surface area contributed by atoms with Crippen LogP contribution in [0.25, 0.3) is 27.9 Å². The maximum Gasteiger partial charge on any atom is 0.298 e. The zero-order chi connectivity index (χ0) is 22.9. The quantitative estimate of drug-likeness (QED) is 0.292. The van der Waals surface area contributed by atoms with E-state index >= 15 is 0 Å². The van der Waals surface area contributed by atoms with E-state index in [0.29, 0.717) is 16.0 Å². The van der Waals surface area contributed by atoms with E-state index in [-0.39, 0.29) is 5.41 Å². The molecule has 0 atom stereocenters. The highest BCUT2D eigenvalue weighted by atomic mass is 35.5. The topological polar surface area (TPSA) is 55.3 Å². The monoisotopic (exact) mass is 491 g/mol. The number of oxazole rings is 1. The molecule has 2 aromatic heterocycles. The molecule has 0 N–H and O–H groups in total. The highest BCUT2D eigenvalue weighted by molar-refractivity contribution is 6.39. The molecule has 34 heavy (non-hydrogen) atoms. The molecule has 1 aliphatic heterocycles. The van der Waals surface area contributed by atoms with Gasteiger partial charge in [-0.1, -0.05) is 52.6 Å². The molecular weight excluding hydrogens is 469 g/mol. The molecule has 2 aliphatic carbocycles. The fourth-order valence-corrected chi connectivity index (χ4v) is 6.05. The molecular formula is C27H23Cl2N3O2. The van der Waals surface area contributed by atoms with E-state index in [1.54, 1.807) is 0 Å². The van der Waals surface area contributed by atoms with Crippen molar-refractivity contribution in [2.24, 2.45) is 5.41 Å². The summed E-state index contributed by atoms with van der Waals surface area (Å²) >= 11 is 13.1. The molecule has 1 saturated heterocycles. The number of halogens is 2. The summed E-state index contributed by atoms with van der Waals surface area (Å²) in [5.41, 5.74) is 5.93. The maximum absolute atomic E-state index is 6.55. The molecule has 0 amide bonds. The van der Waals surface area contributed by atoms with E-state index in [1.807, 2.05) is 42.5 Å². The molecule has 2 aromatic carbocycles. The summed E-state index contributed by atoms with van der Waals surface area (Å²) in [7, 11) is 0. The Kier molecular flexibility index (Phi) is 4.62. The lowest BCUT2D eigenvalue weighted by molar-refractivity contribution is 0.272. The van der Waals surface area contributed by atoms with Gasteiger partial charge in [0.15, 0.2) is 5.58 Å². The first kappa shape index (κ1) is 20.6. The molecule has 5 nitrogen and oxygen atoms in total. The molecule has 3 aliphatic rings. The van der Waals surface area contributed by atoms with E-state index in [4.69, 9.17) is 32.1 Å². The number of nitrogens with zero attached hydrogens (tertiary/aromatic N) is 3. The third kappa shape index (κ3) is 3.29. The highest BCUT2D eigenvalue weighted by Crippen LogP contribution is 2.56. The van der Waals surface area contributed by atoms with Crippen LogP contribution in [-0.4, -0.2) is 23.2 Å². The van der Waals surface area contributed by atoms with Gasteiger partial charge in [0.05, 0.1) is 10.0 Å². The third-order valence-electron chi connectivity index (χ3n) is 7.52. The van der Waals surface area contributed by atoms with Crippen molar-refractivity contribution in [3.63, 3.8) is 0 Å². The number of para-hydroxylation sites is 2. The van der Waals surface area contributed by atoms with E-state index in [0.717, 1.165) is 84.9 Å². The standard InChI is InChI=1S/C27H23Cl2N3O2/c28-18-4-3-5-19(29)23(18)24-22(25(34-31-24)16-8-9-16)17-14-27(15-17)10-12-32(13-11-27)26-30-20-6-1-2-7-21(20)33-26/h1-7,14,16H,8-13,15H2. The van der Waals surface area contributed by atoms with Gasteiger partial charge < -0.3 is 13.8 Å². The SMILES string of the molecule is Clc1cccc(Cl)c1-c1noc(C2CC2)c1C1=CC2(CCN(c3nc4ccccc4o3)CC2)C1. The summed E-state index contributed by atoms with van der Waals surface area (Å²) in [6.07, 6.45) is 7.90. The Morgan fingerprint density at radius 3 is 2.38 bits per heavy atom. The Hall–Kier alpha value is -2.76. The van der Waals surface area contributed by atoms with Crippen LogP contribution in [-0.2, 0) is 0 Å². The molecule has 1 saturated carbocycles. The lowest BCUT2D eigenvalue weighted by atomic mass is 9.63. The number of benzene rings is 2. The molecule has 7 rings (SSSR count). The zero-order valence-electron chi connectivity index (χ0n) is 18.6. The largest absolute Gasteiger partial charge is 0.423 e. The van der Waals surface area contributed by atoms with Gasteiger partial charge in [0, 0.05) is 30.1 Å². The number of aromatic nitrogens is 2. The molecule has 4 aromatic rings. The molecule has 7 heteroatoms. The van der Waals surface area contributed by atoms with Gasteiger partial charge in [-0.2, -0.15) is 4.98 Å². The predicted molar refractivity (Wildman–Crippen MR) is 134 cm³/mol. The third-order valence-corrected chi connectivity index (χ3v) is 8.15. The molecule has 0 bridgehead atoms. The van der Waals surface area contributed by atoms with Crippen LogP contribution in [0.15, 0.2) is 57.5 Å². The first-order valence-corrected chi connectivity index (χ1v) is 12.6. The maximum atomic E-state index is 6.55. The van der Waals surface area contributed by atoms with Crippen LogP contribution in [0.1, 0.15) is 49.3 Å². The lowest BCUT2D eigenvalue weighted by Gasteiger charge is -2.46. The Balaban J connectivity index is 1.17. The smallest absolute Gasteiger partial charge is 0.298 e. The van der Waals surface area contributed by atoms with Crippen LogP contribution < -0.4 is 4.90 Å². The van der Waals surface area contributed by atoms with Crippen LogP contribution >= 0.6 is 23.2 Å². The van der Waals surface area contributed by atoms with Crippen molar-refractivity contribution in [1.29, 1.82) is 0 Å². The van der Waals surface area contributed by atoms with Crippen molar-refractivity contribution < 1.29 is 8.94 Å². The van der Waals surface area contributed by atoms with Crippen LogP contribution in [0.3, 0.4) is 0 Å². The van der Waals surface area contributed by atoms with Gasteiger partial charge in [-0.15, -0.1) is 0 Å². The second-order valence-corrected chi connectivity index (χ2v) is 10.6. The summed E-state index contributed by atoms with van der Waals surface area (Å²) < 4.78 is 11.9. The number of hydrogen-bond acceptors (Lipinski definition) is 5. The van der Waals surface area contributed by atoms with Crippen molar-refractivity contribution >= 4 is 45.9 Å². The Morgan fingerprint density at radius 1 is 0.941 bits per heavy atom. The highest BCUT2D eigenvalue weighted by Gasteiger charge is 2.44. The normalized spacial score (nSPS) is 19.5. The second kappa shape index (κ2) is 7.62. The minimum atomic E-state index is 0.206. The lowest BCUT2D eigenvalue weighted by Crippen LogP contribution is -2.42. The number of piperidine rings is 1. The van der Waals surface area contributed by atoms with E-state index in [9.17, 15) is 0 Å². The van der Waals surface area contributed by atoms with Crippen molar-refractivity contribution in [3.05, 3.63) is 69.9 Å². The first-order chi connectivity index (χ1) is 16.6. The van der Waals surface area contributed by atoms with Crippen LogP contribution in [0.5, 0.6) is 0 Å². The molecule has 1 spiro atoms. The van der Waals surface area contributed by atoms with E-state index in [2.05, 4.69) is 21.1 Å². The van der Waals surface area contributed by atoms with Gasteiger partial charge >= 0.3 is 0 Å². The molecule has 0 radical (unpaired) electrons. The van der Waals surface area contributed by atoms with Gasteiger partial charge in [-0.05, 0) is 67.4 Å². The van der Waals surface area contributed by atoms with Gasteiger partial charge in [0.2, 0.25) is 0 Å². The van der Waals surface area contributed by atoms with Crippen LogP contribution in [0.4, 0.5) is 6.01 Å². The number of hydrogen-bond donors (Lipinski definition) is 0. The molecule has 2 fully saturated rings. The molecule has 3 heterocycles. The van der Waals surface area contributed by atoms with Gasteiger partial charge in [-0.25, -0.2) is 0 Å². The minimum absolute atomic E-state index is 0.206. The number of anilines is 1. The van der Waals surface area contributed by atoms with Crippen LogP contribution in [0.2, 0.25) is 10.0 Å². The zero-order valence-corrected chi connectivity index (χ0v) is 20.1. The predicted octanol–water partition coefficient (Wildman–Crippen LogP) is 7.74. The fourth-order valence-electron chi connectivity index (χ4n) is 5.47. The van der Waals surface area contributed by atoms with Crippen molar-refractivity contribution in [1.82, 2.24) is 10.1 Å². The summed E-state index contributed by atoms with van der Waals surface area (Å²) in [6, 6.07) is 14.2. The van der Waals surface area contributed by atoms with Crippen molar-refractivity contribution in [3.8, 4) is 11.3 Å². The van der Waals surface area contributed by atoms with Gasteiger partial charge in [-0.3, -0.25) is 0 Å². The minimum Gasteiger partial charge on any atom is -0.423 e.